The van der Waals surface area contributed by atoms with Crippen molar-refractivity contribution in [3.05, 3.63) is 6.92 Å². The van der Waals surface area contributed by atoms with Crippen molar-refractivity contribution in [3.8, 4) is 9.85 Å². The second-order valence-electron chi connectivity index (χ2n) is 3.12. The molecule has 0 aliphatic heterocycles. The zero-order valence-electron chi connectivity index (χ0n) is 8.41. The molecule has 75 valence electrons. The van der Waals surface area contributed by atoms with Gasteiger partial charge in [-0.2, -0.15) is 0 Å². The maximum Gasteiger partial charge on any atom is 0.0251 e. The lowest BCUT2D eigenvalue weighted by Crippen LogP contribution is -2.29. The van der Waals surface area contributed by atoms with Crippen LogP contribution in [0.3, 0.4) is 0 Å². The van der Waals surface area contributed by atoms with Crippen LogP contribution in [0, 0.1) is 16.8 Å². The molecule has 1 radical (unpaired) electrons. The van der Waals surface area contributed by atoms with E-state index in [1.807, 2.05) is 0 Å². The average molecular weight is 292 g/mol. The van der Waals surface area contributed by atoms with Gasteiger partial charge in [0.1, 0.15) is 0 Å². The molecule has 0 saturated heterocycles. The topological polar surface area (TPSA) is 12.0 Å². The Kier molecular flexibility index (Phi) is 10.5. The summed E-state index contributed by atoms with van der Waals surface area (Å²) in [5.74, 6) is 3.11. The molecule has 0 aliphatic carbocycles. The molecule has 1 N–H and O–H groups in total. The number of rotatable bonds is 7. The summed E-state index contributed by atoms with van der Waals surface area (Å²) in [5.41, 5.74) is 0. The lowest BCUT2D eigenvalue weighted by Gasteiger charge is -2.14. The Morgan fingerprint density at radius 2 is 2.31 bits per heavy atom. The second-order valence-corrected chi connectivity index (χ2v) is 3.66. The van der Waals surface area contributed by atoms with Crippen molar-refractivity contribution in [1.29, 1.82) is 0 Å². The molecule has 0 aromatic heterocycles. The zero-order valence-corrected chi connectivity index (χ0v) is 10.6. The fourth-order valence-electron chi connectivity index (χ4n) is 1.17. The van der Waals surface area contributed by atoms with E-state index in [1.54, 1.807) is 0 Å². The first kappa shape index (κ1) is 13.2. The maximum absolute atomic E-state index is 3.87. The highest BCUT2D eigenvalue weighted by molar-refractivity contribution is 14.1. The number of hydrogen-bond acceptors (Lipinski definition) is 1. The SMILES string of the molecule is [CH2]CCC(CC#CI)NCCCC. The van der Waals surface area contributed by atoms with Crippen LogP contribution in [-0.4, -0.2) is 12.6 Å². The van der Waals surface area contributed by atoms with Crippen molar-refractivity contribution in [1.82, 2.24) is 5.32 Å². The van der Waals surface area contributed by atoms with Crippen molar-refractivity contribution in [3.63, 3.8) is 0 Å². The van der Waals surface area contributed by atoms with Gasteiger partial charge < -0.3 is 5.32 Å². The van der Waals surface area contributed by atoms with E-state index < -0.39 is 0 Å². The van der Waals surface area contributed by atoms with Crippen LogP contribution in [-0.2, 0) is 0 Å². The normalized spacial score (nSPS) is 11.9. The van der Waals surface area contributed by atoms with Gasteiger partial charge in [-0.25, -0.2) is 0 Å². The summed E-state index contributed by atoms with van der Waals surface area (Å²) in [6, 6.07) is 0.548. The van der Waals surface area contributed by atoms with E-state index in [0.717, 1.165) is 25.8 Å². The van der Waals surface area contributed by atoms with Gasteiger partial charge in [-0.1, -0.05) is 32.6 Å². The molecule has 0 aromatic rings. The Hall–Kier alpha value is 0.250. The molecule has 2 heteroatoms. The monoisotopic (exact) mass is 292 g/mol. The van der Waals surface area contributed by atoms with Gasteiger partial charge in [0.05, 0.1) is 0 Å². The first-order chi connectivity index (χ1) is 6.35. The van der Waals surface area contributed by atoms with E-state index >= 15 is 0 Å². The highest BCUT2D eigenvalue weighted by atomic mass is 127. The molecule has 0 aromatic carbocycles. The van der Waals surface area contributed by atoms with Crippen LogP contribution in [0.1, 0.15) is 39.0 Å². The van der Waals surface area contributed by atoms with Gasteiger partial charge in [-0.15, -0.1) is 0 Å². The highest BCUT2D eigenvalue weighted by Crippen LogP contribution is 2.01. The molecular formula is C11H19IN. The van der Waals surface area contributed by atoms with Crippen LogP contribution in [0.15, 0.2) is 0 Å². The summed E-state index contributed by atoms with van der Waals surface area (Å²) in [7, 11) is 0. The Labute approximate surface area is 96.2 Å². The van der Waals surface area contributed by atoms with Crippen LogP contribution in [0.5, 0.6) is 0 Å². The molecule has 1 nitrogen and oxygen atoms in total. The largest absolute Gasteiger partial charge is 0.313 e. The van der Waals surface area contributed by atoms with Crippen molar-refractivity contribution in [2.45, 2.75) is 45.1 Å². The van der Waals surface area contributed by atoms with Crippen molar-refractivity contribution in [2.24, 2.45) is 0 Å². The predicted molar refractivity (Wildman–Crippen MR) is 67.7 cm³/mol. The molecule has 13 heavy (non-hydrogen) atoms. The predicted octanol–water partition coefficient (Wildman–Crippen LogP) is 3.14. The van der Waals surface area contributed by atoms with Crippen molar-refractivity contribution in [2.75, 3.05) is 6.54 Å². The third-order valence-corrected chi connectivity index (χ3v) is 2.31. The molecule has 0 bridgehead atoms. The summed E-state index contributed by atoms with van der Waals surface area (Å²) >= 11 is 2.09. The third kappa shape index (κ3) is 8.58. The van der Waals surface area contributed by atoms with Crippen LogP contribution in [0.25, 0.3) is 0 Å². The fraction of sp³-hybridized carbons (Fsp3) is 0.727. The van der Waals surface area contributed by atoms with Gasteiger partial charge in [-0.3, -0.25) is 0 Å². The standard InChI is InChI=1S/C11H19IN/c1-3-5-10-13-11(7-4-2)8-6-9-12/h11,13H,2-5,7-8,10H2,1H3. The van der Waals surface area contributed by atoms with Crippen LogP contribution < -0.4 is 5.32 Å². The quantitative estimate of drug-likeness (QED) is 0.432. The van der Waals surface area contributed by atoms with Gasteiger partial charge in [0, 0.05) is 35.1 Å². The molecule has 0 aliphatic rings. The Morgan fingerprint density at radius 3 is 2.85 bits per heavy atom. The number of unbranched alkanes of at least 4 members (excludes halogenated alkanes) is 1. The minimum atomic E-state index is 0.548. The smallest absolute Gasteiger partial charge is 0.0251 e. The lowest BCUT2D eigenvalue weighted by molar-refractivity contribution is 0.484. The molecule has 1 atom stereocenters. The second kappa shape index (κ2) is 10.3. The van der Waals surface area contributed by atoms with Crippen molar-refractivity contribution >= 4 is 22.6 Å². The van der Waals surface area contributed by atoms with E-state index in [2.05, 4.69) is 51.6 Å². The lowest BCUT2D eigenvalue weighted by atomic mass is 10.1. The zero-order chi connectivity index (χ0) is 9.94. The maximum atomic E-state index is 3.87. The van der Waals surface area contributed by atoms with Crippen LogP contribution in [0.2, 0.25) is 0 Å². The van der Waals surface area contributed by atoms with Gasteiger partial charge in [0.15, 0.2) is 0 Å². The van der Waals surface area contributed by atoms with E-state index in [9.17, 15) is 0 Å². The number of nitrogens with one attached hydrogen (secondary N) is 1. The number of hydrogen-bond donors (Lipinski definition) is 1. The molecular weight excluding hydrogens is 273 g/mol. The molecule has 0 rings (SSSR count). The molecule has 1 unspecified atom stereocenters. The van der Waals surface area contributed by atoms with Crippen LogP contribution >= 0.6 is 22.6 Å². The van der Waals surface area contributed by atoms with Crippen molar-refractivity contribution < 1.29 is 0 Å². The minimum absolute atomic E-state index is 0.548. The summed E-state index contributed by atoms with van der Waals surface area (Å²) < 4.78 is 2.91. The number of halogens is 1. The summed E-state index contributed by atoms with van der Waals surface area (Å²) in [4.78, 5) is 0. The average Bonchev–Trinajstić information content (AvgIpc) is 2.14. The third-order valence-electron chi connectivity index (χ3n) is 1.93. The first-order valence-corrected chi connectivity index (χ1v) is 6.04. The molecule has 0 heterocycles. The molecule has 0 fully saturated rings. The Morgan fingerprint density at radius 1 is 1.54 bits per heavy atom. The molecule has 0 saturated carbocycles. The van der Waals surface area contributed by atoms with E-state index in [-0.39, 0.29) is 0 Å². The minimum Gasteiger partial charge on any atom is -0.313 e. The van der Waals surface area contributed by atoms with Gasteiger partial charge >= 0.3 is 0 Å². The van der Waals surface area contributed by atoms with E-state index in [4.69, 9.17) is 0 Å². The van der Waals surface area contributed by atoms with Gasteiger partial charge in [-0.05, 0) is 23.3 Å². The highest BCUT2D eigenvalue weighted by Gasteiger charge is 2.03. The summed E-state index contributed by atoms with van der Waals surface area (Å²) in [6.45, 7) is 7.20. The summed E-state index contributed by atoms with van der Waals surface area (Å²) in [5, 5.41) is 3.51. The first-order valence-electron chi connectivity index (χ1n) is 4.96. The van der Waals surface area contributed by atoms with Gasteiger partial charge in [0.2, 0.25) is 0 Å². The molecule has 0 amide bonds. The Bertz CT molecular complexity index is 157. The fourth-order valence-corrected chi connectivity index (χ4v) is 1.39. The van der Waals surface area contributed by atoms with Gasteiger partial charge in [0.25, 0.3) is 0 Å². The summed E-state index contributed by atoms with van der Waals surface area (Å²) in [6.07, 6.45) is 5.59. The Balaban J connectivity index is 3.57. The molecule has 0 spiro atoms. The van der Waals surface area contributed by atoms with E-state index in [0.29, 0.717) is 6.04 Å². The van der Waals surface area contributed by atoms with Crippen LogP contribution in [0.4, 0.5) is 0 Å². The van der Waals surface area contributed by atoms with E-state index in [1.165, 1.54) is 12.8 Å².